The van der Waals surface area contributed by atoms with Crippen molar-refractivity contribution in [1.82, 2.24) is 14.8 Å². The van der Waals surface area contributed by atoms with Gasteiger partial charge in [-0.1, -0.05) is 133 Å². The number of hydrogen-bond acceptors (Lipinski definition) is 5. The van der Waals surface area contributed by atoms with Crippen molar-refractivity contribution in [3.63, 3.8) is 0 Å². The molecule has 0 amide bonds. The third-order valence-corrected chi connectivity index (χ3v) is 12.3. The van der Waals surface area contributed by atoms with Crippen LogP contribution in [0.3, 0.4) is 0 Å². The van der Waals surface area contributed by atoms with Gasteiger partial charge in [-0.2, -0.15) is 0 Å². The summed E-state index contributed by atoms with van der Waals surface area (Å²) < 4.78 is 15.7. The monoisotopic (exact) mass is 762 g/mol. The van der Waals surface area contributed by atoms with Crippen molar-refractivity contribution in [3.05, 3.63) is 199 Å². The van der Waals surface area contributed by atoms with Crippen LogP contribution in [0.5, 0.6) is 0 Å². The Morgan fingerprint density at radius 3 is 1.95 bits per heavy atom. The summed E-state index contributed by atoms with van der Waals surface area (Å²) in [4.78, 5) is 7.56. The maximum atomic E-state index is 6.88. The Morgan fingerprint density at radius 1 is 0.525 bits per heavy atom. The molecule has 11 aromatic rings. The molecule has 59 heavy (non-hydrogen) atoms. The molecule has 1 aliphatic rings. The molecule has 0 saturated carbocycles. The Kier molecular flexibility index (Phi) is 7.31. The van der Waals surface area contributed by atoms with Gasteiger partial charge in [-0.3, -0.25) is 5.32 Å². The molecule has 12 rings (SSSR count). The first kappa shape index (κ1) is 33.7. The van der Waals surface area contributed by atoms with Crippen LogP contribution in [0.4, 0.5) is 0 Å². The van der Waals surface area contributed by atoms with Crippen LogP contribution in [0.1, 0.15) is 29.8 Å². The highest BCUT2D eigenvalue weighted by Crippen LogP contribution is 2.42. The summed E-state index contributed by atoms with van der Waals surface area (Å²) in [7, 11) is 2.11. The van der Waals surface area contributed by atoms with Gasteiger partial charge in [-0.05, 0) is 72.1 Å². The van der Waals surface area contributed by atoms with E-state index in [9.17, 15) is 0 Å². The van der Waals surface area contributed by atoms with Crippen molar-refractivity contribution >= 4 is 71.5 Å². The highest BCUT2D eigenvalue weighted by molar-refractivity contribution is 6.13. The molecule has 1 N–H and O–H groups in total. The first-order valence-electron chi connectivity index (χ1n) is 20.1. The zero-order valence-electron chi connectivity index (χ0n) is 32.6. The lowest BCUT2D eigenvalue weighted by Crippen LogP contribution is -2.53. The number of fused-ring (bicyclic) bond motifs is 9. The molecule has 8 aromatic carbocycles. The molecule has 4 heterocycles. The van der Waals surface area contributed by atoms with E-state index in [1.165, 1.54) is 21.8 Å². The maximum absolute atomic E-state index is 6.88. The number of benzene rings is 8. The van der Waals surface area contributed by atoms with Crippen LogP contribution >= 0.6 is 0 Å². The Balaban J connectivity index is 0.962. The van der Waals surface area contributed by atoms with E-state index in [1.54, 1.807) is 0 Å². The van der Waals surface area contributed by atoms with Gasteiger partial charge in [-0.15, -0.1) is 0 Å². The Morgan fingerprint density at radius 2 is 1.19 bits per heavy atom. The second-order valence-corrected chi connectivity index (χ2v) is 15.8. The average molecular weight is 763 g/mol. The van der Waals surface area contributed by atoms with Gasteiger partial charge in [0.2, 0.25) is 0 Å². The Hall–Kier alpha value is -7.41. The van der Waals surface area contributed by atoms with Crippen LogP contribution in [-0.2, 0) is 5.66 Å². The van der Waals surface area contributed by atoms with Gasteiger partial charge in [0, 0.05) is 56.2 Å². The first-order valence-corrected chi connectivity index (χ1v) is 20.1. The van der Waals surface area contributed by atoms with E-state index in [0.29, 0.717) is 0 Å². The number of nitrogens with one attached hydrogen (secondary N) is 1. The smallest absolute Gasteiger partial charge is 0.143 e. The molecule has 0 radical (unpaired) electrons. The predicted molar refractivity (Wildman–Crippen MR) is 241 cm³/mol. The van der Waals surface area contributed by atoms with E-state index in [-0.39, 0.29) is 6.17 Å². The third kappa shape index (κ3) is 5.20. The molecule has 6 heteroatoms. The number of nitrogens with zero attached hydrogens (tertiary/aromatic N) is 3. The fourth-order valence-electron chi connectivity index (χ4n) is 9.37. The van der Waals surface area contributed by atoms with Gasteiger partial charge in [0.1, 0.15) is 40.0 Å². The van der Waals surface area contributed by atoms with Crippen LogP contribution in [0.2, 0.25) is 0 Å². The number of aliphatic imine (C=N–C) groups is 1. The fourth-order valence-corrected chi connectivity index (χ4v) is 9.37. The van der Waals surface area contributed by atoms with Crippen molar-refractivity contribution in [1.29, 1.82) is 0 Å². The summed E-state index contributed by atoms with van der Waals surface area (Å²) in [6, 6.07) is 64.2. The fraction of sp³-hybridized carbons (Fsp3) is 0.0755. The average Bonchev–Trinajstić information content (AvgIpc) is 3.96. The molecule has 6 nitrogen and oxygen atoms in total. The Labute approximate surface area is 340 Å². The van der Waals surface area contributed by atoms with Crippen molar-refractivity contribution in [3.8, 4) is 16.8 Å². The highest BCUT2D eigenvalue weighted by Gasteiger charge is 2.38. The number of para-hydroxylation sites is 3. The summed E-state index contributed by atoms with van der Waals surface area (Å²) in [5.41, 5.74) is 11.6. The number of furan rings is 2. The van der Waals surface area contributed by atoms with Crippen LogP contribution in [-0.4, -0.2) is 22.4 Å². The van der Waals surface area contributed by atoms with Gasteiger partial charge < -0.3 is 18.3 Å². The molecule has 0 saturated heterocycles. The highest BCUT2D eigenvalue weighted by atomic mass is 16.3. The van der Waals surface area contributed by atoms with E-state index >= 15 is 0 Å². The van der Waals surface area contributed by atoms with Crippen LogP contribution in [0.25, 0.3) is 82.5 Å². The zero-order chi connectivity index (χ0) is 39.2. The lowest BCUT2D eigenvalue weighted by atomic mass is 9.97. The quantitative estimate of drug-likeness (QED) is 0.190. The molecule has 0 spiro atoms. The van der Waals surface area contributed by atoms with Crippen molar-refractivity contribution in [2.45, 2.75) is 18.8 Å². The second-order valence-electron chi connectivity index (χ2n) is 15.8. The largest absolute Gasteiger partial charge is 0.456 e. The molecule has 0 fully saturated rings. The maximum Gasteiger partial charge on any atom is 0.143 e. The normalized spacial score (nSPS) is 17.2. The molecule has 282 valence electrons. The lowest BCUT2D eigenvalue weighted by molar-refractivity contribution is 0.197. The molecular weight excluding hydrogens is 725 g/mol. The van der Waals surface area contributed by atoms with Gasteiger partial charge in [0.15, 0.2) is 0 Å². The number of rotatable bonds is 5. The third-order valence-electron chi connectivity index (χ3n) is 12.3. The SMILES string of the molecule is CN1C(c2ccccc2)=NC(C)(c2ccccc2)NC1c1ccc2c(c1)oc1c(-c3ccc4oc5ccc(-n6c7ccccc7c7ccccc76)cc5c4c3)cccc12. The minimum absolute atomic E-state index is 0.172. The number of aromatic nitrogens is 1. The molecule has 2 atom stereocenters. The summed E-state index contributed by atoms with van der Waals surface area (Å²) in [5, 5.41) is 10.7. The Bertz CT molecular complexity index is 3410. The van der Waals surface area contributed by atoms with Crippen LogP contribution in [0.15, 0.2) is 196 Å². The summed E-state index contributed by atoms with van der Waals surface area (Å²) in [5.74, 6) is 0.928. The summed E-state index contributed by atoms with van der Waals surface area (Å²) in [6.45, 7) is 2.16. The van der Waals surface area contributed by atoms with Gasteiger partial charge in [0.05, 0.1) is 11.0 Å². The number of amidine groups is 1. The summed E-state index contributed by atoms with van der Waals surface area (Å²) in [6.07, 6.45) is -0.172. The van der Waals surface area contributed by atoms with Crippen molar-refractivity contribution in [2.24, 2.45) is 4.99 Å². The minimum atomic E-state index is -0.653. The molecular formula is C53H38N4O2. The molecule has 3 aromatic heterocycles. The molecule has 2 unspecified atom stereocenters. The number of hydrogen-bond donors (Lipinski definition) is 1. The predicted octanol–water partition coefficient (Wildman–Crippen LogP) is 13.1. The minimum Gasteiger partial charge on any atom is -0.456 e. The summed E-state index contributed by atoms with van der Waals surface area (Å²) >= 11 is 0. The van der Waals surface area contributed by atoms with Crippen LogP contribution in [0, 0.1) is 0 Å². The van der Waals surface area contributed by atoms with E-state index in [2.05, 4.69) is 199 Å². The van der Waals surface area contributed by atoms with Gasteiger partial charge in [-0.25, -0.2) is 4.99 Å². The zero-order valence-corrected chi connectivity index (χ0v) is 32.6. The molecule has 1 aliphatic heterocycles. The van der Waals surface area contributed by atoms with Crippen molar-refractivity contribution < 1.29 is 8.83 Å². The lowest BCUT2D eigenvalue weighted by Gasteiger charge is -2.44. The van der Waals surface area contributed by atoms with E-state index < -0.39 is 5.66 Å². The molecule has 0 aliphatic carbocycles. The second kappa shape index (κ2) is 12.8. The van der Waals surface area contributed by atoms with E-state index in [1.807, 2.05) is 12.1 Å². The van der Waals surface area contributed by atoms with Crippen molar-refractivity contribution in [2.75, 3.05) is 7.05 Å². The first-order chi connectivity index (χ1) is 29.0. The van der Waals surface area contributed by atoms with Gasteiger partial charge >= 0.3 is 0 Å². The standard InChI is InChI=1S/C53H38N4O2/c1-53(36-16-7-4-8-17-36)54-51(33-14-5-3-6-15-33)56(2)52(55-53)35-24-27-41-42-21-13-20-38(50(42)59-49(41)31-35)34-25-28-47-43(30-34)44-32-37(26-29-48(44)58-47)57-45-22-11-9-18-39(45)40-19-10-12-23-46(40)57/h3-32,52,55H,1-2H3. The van der Waals surface area contributed by atoms with E-state index in [0.717, 1.165) is 83.2 Å². The van der Waals surface area contributed by atoms with E-state index in [4.69, 9.17) is 13.8 Å². The van der Waals surface area contributed by atoms with Gasteiger partial charge in [0.25, 0.3) is 0 Å². The molecule has 0 bridgehead atoms. The van der Waals surface area contributed by atoms with Crippen LogP contribution < -0.4 is 5.32 Å². The topological polar surface area (TPSA) is 58.8 Å².